The first-order valence-electron chi connectivity index (χ1n) is 3.54. The van der Waals surface area contributed by atoms with Gasteiger partial charge in [0.2, 0.25) is 0 Å². The zero-order valence-corrected chi connectivity index (χ0v) is 6.57. The number of hydrogen-bond acceptors (Lipinski definition) is 3. The third-order valence-electron chi connectivity index (χ3n) is 1.50. The van der Waals surface area contributed by atoms with Crippen LogP contribution in [0.1, 0.15) is 6.92 Å². The molecule has 1 aromatic heterocycles. The number of nitrogens with two attached hydrogens (primary N) is 1. The van der Waals surface area contributed by atoms with Crippen LogP contribution < -0.4 is 5.73 Å². The Balaban J connectivity index is 2.56. The van der Waals surface area contributed by atoms with E-state index in [-0.39, 0.29) is 6.54 Å². The number of hydrogen-bond donors (Lipinski definition) is 2. The lowest BCUT2D eigenvalue weighted by Crippen LogP contribution is -2.38. The van der Waals surface area contributed by atoms with Gasteiger partial charge in [0.25, 0.3) is 0 Å². The molecule has 1 unspecified atom stereocenters. The van der Waals surface area contributed by atoms with Crippen LogP contribution in [0.15, 0.2) is 18.5 Å². The molecule has 0 aromatic carbocycles. The van der Waals surface area contributed by atoms with Crippen molar-refractivity contribution in [2.45, 2.75) is 19.1 Å². The highest BCUT2D eigenvalue weighted by atomic mass is 16.3. The topological polar surface area (TPSA) is 64.1 Å². The predicted octanol–water partition coefficient (Wildman–Crippen LogP) is -0.407. The van der Waals surface area contributed by atoms with Crippen LogP contribution >= 0.6 is 0 Å². The molecule has 0 saturated carbocycles. The third kappa shape index (κ3) is 2.32. The van der Waals surface area contributed by atoms with Gasteiger partial charge in [0.15, 0.2) is 0 Å². The van der Waals surface area contributed by atoms with Crippen molar-refractivity contribution in [2.24, 2.45) is 5.73 Å². The lowest BCUT2D eigenvalue weighted by atomic mass is 10.1. The minimum atomic E-state index is -0.855. The van der Waals surface area contributed by atoms with Crippen LogP contribution in [-0.4, -0.2) is 27.0 Å². The molecule has 1 aromatic rings. The van der Waals surface area contributed by atoms with Gasteiger partial charge in [0.05, 0.1) is 12.1 Å². The standard InChI is InChI=1S/C7H13N3O/c1-7(11,5-8)6-10-4-2-3-9-10/h2-4,11H,5-6,8H2,1H3. The molecule has 4 heteroatoms. The first-order valence-corrected chi connectivity index (χ1v) is 3.54. The fourth-order valence-corrected chi connectivity index (χ4v) is 0.808. The molecule has 0 spiro atoms. The van der Waals surface area contributed by atoms with E-state index in [9.17, 15) is 5.11 Å². The van der Waals surface area contributed by atoms with Crippen LogP contribution in [0.25, 0.3) is 0 Å². The number of aromatic nitrogens is 2. The van der Waals surface area contributed by atoms with Gasteiger partial charge in [0.1, 0.15) is 0 Å². The molecule has 0 saturated heterocycles. The second kappa shape index (κ2) is 3.02. The lowest BCUT2D eigenvalue weighted by Gasteiger charge is -2.20. The van der Waals surface area contributed by atoms with E-state index in [0.29, 0.717) is 6.54 Å². The molecule has 0 radical (unpaired) electrons. The molecule has 1 atom stereocenters. The second-order valence-corrected chi connectivity index (χ2v) is 2.90. The van der Waals surface area contributed by atoms with Gasteiger partial charge in [-0.1, -0.05) is 0 Å². The summed E-state index contributed by atoms with van der Waals surface area (Å²) in [5.74, 6) is 0. The van der Waals surface area contributed by atoms with Crippen LogP contribution in [-0.2, 0) is 6.54 Å². The van der Waals surface area contributed by atoms with E-state index in [1.54, 1.807) is 24.0 Å². The average Bonchev–Trinajstić information content (AvgIpc) is 2.39. The van der Waals surface area contributed by atoms with Gasteiger partial charge in [-0.05, 0) is 13.0 Å². The van der Waals surface area contributed by atoms with Crippen LogP contribution in [0.5, 0.6) is 0 Å². The smallest absolute Gasteiger partial charge is 0.0936 e. The fraction of sp³-hybridized carbons (Fsp3) is 0.571. The van der Waals surface area contributed by atoms with Crippen molar-refractivity contribution in [3.05, 3.63) is 18.5 Å². The number of aliphatic hydroxyl groups is 1. The number of nitrogens with zero attached hydrogens (tertiary/aromatic N) is 2. The van der Waals surface area contributed by atoms with E-state index in [2.05, 4.69) is 5.10 Å². The summed E-state index contributed by atoms with van der Waals surface area (Å²) in [4.78, 5) is 0. The summed E-state index contributed by atoms with van der Waals surface area (Å²) in [5.41, 5.74) is 4.48. The minimum absolute atomic E-state index is 0.243. The van der Waals surface area contributed by atoms with Gasteiger partial charge >= 0.3 is 0 Å². The van der Waals surface area contributed by atoms with Crippen molar-refractivity contribution in [1.29, 1.82) is 0 Å². The number of rotatable bonds is 3. The molecule has 62 valence electrons. The predicted molar refractivity (Wildman–Crippen MR) is 41.9 cm³/mol. The van der Waals surface area contributed by atoms with E-state index in [4.69, 9.17) is 5.73 Å². The molecule has 0 bridgehead atoms. The Morgan fingerprint density at radius 3 is 2.91 bits per heavy atom. The monoisotopic (exact) mass is 155 g/mol. The SMILES string of the molecule is CC(O)(CN)Cn1cccn1. The summed E-state index contributed by atoms with van der Waals surface area (Å²) in [6.07, 6.45) is 3.47. The Hall–Kier alpha value is -0.870. The maximum atomic E-state index is 9.51. The van der Waals surface area contributed by atoms with Gasteiger partial charge in [-0.3, -0.25) is 4.68 Å². The summed E-state index contributed by atoms with van der Waals surface area (Å²) in [5, 5.41) is 13.5. The zero-order chi connectivity index (χ0) is 8.32. The molecule has 0 fully saturated rings. The molecule has 1 heterocycles. The van der Waals surface area contributed by atoms with Crippen molar-refractivity contribution >= 4 is 0 Å². The summed E-state index contributed by atoms with van der Waals surface area (Å²) < 4.78 is 1.66. The quantitative estimate of drug-likeness (QED) is 0.624. The van der Waals surface area contributed by atoms with Gasteiger partial charge in [-0.2, -0.15) is 5.10 Å². The molecule has 3 N–H and O–H groups in total. The van der Waals surface area contributed by atoms with Crippen molar-refractivity contribution in [2.75, 3.05) is 6.54 Å². The maximum Gasteiger partial charge on any atom is 0.0936 e. The van der Waals surface area contributed by atoms with Gasteiger partial charge < -0.3 is 10.8 Å². The highest BCUT2D eigenvalue weighted by molar-refractivity contribution is 4.81. The highest BCUT2D eigenvalue weighted by Gasteiger charge is 2.18. The van der Waals surface area contributed by atoms with Crippen molar-refractivity contribution in [1.82, 2.24) is 9.78 Å². The first-order chi connectivity index (χ1) is 5.14. The molecule has 0 aliphatic heterocycles. The normalized spacial score (nSPS) is 16.3. The minimum Gasteiger partial charge on any atom is -0.387 e. The molecular weight excluding hydrogens is 142 g/mol. The summed E-state index contributed by atoms with van der Waals surface area (Å²) in [6.45, 7) is 2.37. The Labute approximate surface area is 65.6 Å². The fourth-order valence-electron chi connectivity index (χ4n) is 0.808. The van der Waals surface area contributed by atoms with Gasteiger partial charge in [-0.15, -0.1) is 0 Å². The Morgan fingerprint density at radius 1 is 1.73 bits per heavy atom. The van der Waals surface area contributed by atoms with Crippen LogP contribution in [0.3, 0.4) is 0 Å². The van der Waals surface area contributed by atoms with Gasteiger partial charge in [-0.25, -0.2) is 0 Å². The summed E-state index contributed by atoms with van der Waals surface area (Å²) in [7, 11) is 0. The molecule has 1 rings (SSSR count). The van der Waals surface area contributed by atoms with E-state index in [0.717, 1.165) is 0 Å². The molecule has 0 aliphatic rings. The molecular formula is C7H13N3O. The largest absolute Gasteiger partial charge is 0.387 e. The highest BCUT2D eigenvalue weighted by Crippen LogP contribution is 2.03. The van der Waals surface area contributed by atoms with Crippen LogP contribution in [0, 0.1) is 0 Å². The molecule has 0 aliphatic carbocycles. The maximum absolute atomic E-state index is 9.51. The Kier molecular flexibility index (Phi) is 2.26. The molecule has 0 amide bonds. The second-order valence-electron chi connectivity index (χ2n) is 2.90. The lowest BCUT2D eigenvalue weighted by molar-refractivity contribution is 0.0471. The van der Waals surface area contributed by atoms with Crippen molar-refractivity contribution < 1.29 is 5.11 Å². The van der Waals surface area contributed by atoms with E-state index >= 15 is 0 Å². The molecule has 11 heavy (non-hydrogen) atoms. The Morgan fingerprint density at radius 2 is 2.45 bits per heavy atom. The first kappa shape index (κ1) is 8.23. The summed E-state index contributed by atoms with van der Waals surface area (Å²) >= 11 is 0. The van der Waals surface area contributed by atoms with Crippen molar-refractivity contribution in [3.63, 3.8) is 0 Å². The van der Waals surface area contributed by atoms with E-state index in [1.165, 1.54) is 0 Å². The summed E-state index contributed by atoms with van der Waals surface area (Å²) in [6, 6.07) is 1.81. The van der Waals surface area contributed by atoms with Crippen molar-refractivity contribution in [3.8, 4) is 0 Å². The zero-order valence-electron chi connectivity index (χ0n) is 6.57. The molecule has 4 nitrogen and oxygen atoms in total. The van der Waals surface area contributed by atoms with Gasteiger partial charge in [0, 0.05) is 18.9 Å². The van der Waals surface area contributed by atoms with E-state index < -0.39 is 5.60 Å². The van der Waals surface area contributed by atoms with Crippen LogP contribution in [0.2, 0.25) is 0 Å². The average molecular weight is 155 g/mol. The Bertz CT molecular complexity index is 205. The van der Waals surface area contributed by atoms with E-state index in [1.807, 2.05) is 6.07 Å². The van der Waals surface area contributed by atoms with Crippen LogP contribution in [0.4, 0.5) is 0 Å². The third-order valence-corrected chi connectivity index (χ3v) is 1.50.